The lowest BCUT2D eigenvalue weighted by molar-refractivity contribution is 0.120. The number of oxazole rings is 1. The van der Waals surface area contributed by atoms with Crippen molar-refractivity contribution in [3.05, 3.63) is 48.2 Å². The number of nitrogens with zero attached hydrogens (tertiary/aromatic N) is 2. The van der Waals surface area contributed by atoms with Gasteiger partial charge in [-0.05, 0) is 31.2 Å². The number of rotatable bonds is 4. The Balaban J connectivity index is 1.84. The van der Waals surface area contributed by atoms with E-state index in [0.717, 1.165) is 5.56 Å². The van der Waals surface area contributed by atoms with Crippen molar-refractivity contribution in [2.24, 2.45) is 0 Å². The lowest BCUT2D eigenvalue weighted by Gasteiger charge is -2.26. The Labute approximate surface area is 151 Å². The SMILES string of the molecule is Cc1ccc(S(=O)(=O)c2nc(-c3ccco3)oc2N2CCOCC2)cc1. The van der Waals surface area contributed by atoms with Gasteiger partial charge >= 0.3 is 0 Å². The van der Waals surface area contributed by atoms with E-state index in [9.17, 15) is 8.42 Å². The second-order valence-electron chi connectivity index (χ2n) is 6.02. The van der Waals surface area contributed by atoms with Gasteiger partial charge < -0.3 is 18.5 Å². The van der Waals surface area contributed by atoms with Crippen molar-refractivity contribution in [1.29, 1.82) is 0 Å². The molecule has 0 spiro atoms. The molecule has 0 atom stereocenters. The Bertz CT molecular complexity index is 985. The number of anilines is 1. The summed E-state index contributed by atoms with van der Waals surface area (Å²) in [6.07, 6.45) is 1.49. The molecule has 1 saturated heterocycles. The van der Waals surface area contributed by atoms with E-state index in [0.29, 0.717) is 32.1 Å². The molecule has 136 valence electrons. The van der Waals surface area contributed by atoms with Gasteiger partial charge in [0.1, 0.15) is 0 Å². The Morgan fingerprint density at radius 3 is 2.46 bits per heavy atom. The topological polar surface area (TPSA) is 85.8 Å². The molecule has 0 amide bonds. The van der Waals surface area contributed by atoms with Gasteiger partial charge in [-0.1, -0.05) is 17.7 Å². The molecule has 7 nitrogen and oxygen atoms in total. The van der Waals surface area contributed by atoms with Crippen LogP contribution in [-0.4, -0.2) is 39.7 Å². The molecule has 0 radical (unpaired) electrons. The van der Waals surface area contributed by atoms with E-state index < -0.39 is 9.84 Å². The van der Waals surface area contributed by atoms with Crippen molar-refractivity contribution in [3.8, 4) is 11.7 Å². The zero-order valence-electron chi connectivity index (χ0n) is 14.2. The van der Waals surface area contributed by atoms with Crippen molar-refractivity contribution < 1.29 is 22.0 Å². The first-order valence-corrected chi connectivity index (χ1v) is 9.73. The zero-order chi connectivity index (χ0) is 18.1. The largest absolute Gasteiger partial charge is 0.459 e. The summed E-state index contributed by atoms with van der Waals surface area (Å²) in [6, 6.07) is 10.0. The third-order valence-electron chi connectivity index (χ3n) is 4.20. The van der Waals surface area contributed by atoms with E-state index in [1.165, 1.54) is 6.26 Å². The number of aromatic nitrogens is 1. The maximum Gasteiger partial charge on any atom is 0.266 e. The lowest BCUT2D eigenvalue weighted by atomic mass is 10.2. The molecule has 8 heteroatoms. The summed E-state index contributed by atoms with van der Waals surface area (Å²) in [5.41, 5.74) is 0.980. The number of furan rings is 1. The zero-order valence-corrected chi connectivity index (χ0v) is 15.0. The summed E-state index contributed by atoms with van der Waals surface area (Å²) in [5.74, 6) is 0.743. The van der Waals surface area contributed by atoms with Crippen LogP contribution in [0, 0.1) is 6.92 Å². The van der Waals surface area contributed by atoms with Gasteiger partial charge in [0.05, 0.1) is 24.4 Å². The number of aryl methyl sites for hydroxylation is 1. The Morgan fingerprint density at radius 1 is 1.08 bits per heavy atom. The molecule has 4 rings (SSSR count). The summed E-state index contributed by atoms with van der Waals surface area (Å²) < 4.78 is 42.8. The fourth-order valence-electron chi connectivity index (χ4n) is 2.77. The van der Waals surface area contributed by atoms with Crippen LogP contribution in [0.15, 0.2) is 61.4 Å². The molecule has 1 fully saturated rings. The third kappa shape index (κ3) is 3.02. The van der Waals surface area contributed by atoms with Gasteiger partial charge in [-0.25, -0.2) is 8.42 Å². The highest BCUT2D eigenvalue weighted by Crippen LogP contribution is 2.35. The van der Waals surface area contributed by atoms with E-state index >= 15 is 0 Å². The van der Waals surface area contributed by atoms with E-state index in [-0.39, 0.29) is 21.7 Å². The number of ether oxygens (including phenoxy) is 1. The lowest BCUT2D eigenvalue weighted by Crippen LogP contribution is -2.36. The minimum Gasteiger partial charge on any atom is -0.459 e. The van der Waals surface area contributed by atoms with Crippen LogP contribution in [0.25, 0.3) is 11.7 Å². The fourth-order valence-corrected chi connectivity index (χ4v) is 4.10. The number of benzene rings is 1. The van der Waals surface area contributed by atoms with Gasteiger partial charge in [-0.2, -0.15) is 4.98 Å². The minimum absolute atomic E-state index is 0.102. The molecule has 26 heavy (non-hydrogen) atoms. The predicted molar refractivity (Wildman–Crippen MR) is 93.9 cm³/mol. The molecule has 1 aromatic carbocycles. The van der Waals surface area contributed by atoms with Gasteiger partial charge in [0.2, 0.25) is 20.7 Å². The van der Waals surface area contributed by atoms with Gasteiger partial charge in [0.15, 0.2) is 5.76 Å². The van der Waals surface area contributed by atoms with Gasteiger partial charge in [0.25, 0.3) is 5.89 Å². The van der Waals surface area contributed by atoms with Crippen molar-refractivity contribution in [2.75, 3.05) is 31.2 Å². The molecule has 0 unspecified atom stereocenters. The van der Waals surface area contributed by atoms with Crippen LogP contribution in [0.3, 0.4) is 0 Å². The van der Waals surface area contributed by atoms with Gasteiger partial charge in [-0.3, -0.25) is 0 Å². The summed E-state index contributed by atoms with van der Waals surface area (Å²) >= 11 is 0. The highest BCUT2D eigenvalue weighted by atomic mass is 32.2. The molecule has 1 aliphatic rings. The molecule has 0 N–H and O–H groups in total. The second kappa shape index (κ2) is 6.62. The van der Waals surface area contributed by atoms with Crippen molar-refractivity contribution in [3.63, 3.8) is 0 Å². The van der Waals surface area contributed by atoms with Crippen molar-refractivity contribution in [1.82, 2.24) is 4.98 Å². The monoisotopic (exact) mass is 374 g/mol. The van der Waals surface area contributed by atoms with Crippen LogP contribution < -0.4 is 4.90 Å². The van der Waals surface area contributed by atoms with Gasteiger partial charge in [-0.15, -0.1) is 0 Å². The standard InChI is InChI=1S/C18H18N2O5S/c1-13-4-6-14(7-5-13)26(21,22)17-18(20-8-11-23-12-9-20)25-16(19-17)15-3-2-10-24-15/h2-7,10H,8-9,11-12H2,1H3. The molecule has 0 saturated carbocycles. The van der Waals surface area contributed by atoms with Crippen LogP contribution in [0.1, 0.15) is 5.56 Å². The van der Waals surface area contributed by atoms with Crippen LogP contribution in [-0.2, 0) is 14.6 Å². The Hall–Kier alpha value is -2.58. The average molecular weight is 374 g/mol. The van der Waals surface area contributed by atoms with Crippen LogP contribution in [0.4, 0.5) is 5.88 Å². The first-order valence-electron chi connectivity index (χ1n) is 8.25. The summed E-state index contributed by atoms with van der Waals surface area (Å²) in [5, 5.41) is -0.102. The van der Waals surface area contributed by atoms with E-state index in [4.69, 9.17) is 13.6 Å². The third-order valence-corrected chi connectivity index (χ3v) is 5.86. The molecular formula is C18H18N2O5S. The number of hydrogen-bond acceptors (Lipinski definition) is 7. The first-order chi connectivity index (χ1) is 12.6. The molecule has 3 aromatic rings. The molecular weight excluding hydrogens is 356 g/mol. The van der Waals surface area contributed by atoms with Gasteiger partial charge in [0, 0.05) is 13.1 Å². The minimum atomic E-state index is -3.83. The number of morpholine rings is 1. The fraction of sp³-hybridized carbons (Fsp3) is 0.278. The second-order valence-corrected chi connectivity index (χ2v) is 7.89. The predicted octanol–water partition coefficient (Wildman–Crippen LogP) is 2.91. The smallest absolute Gasteiger partial charge is 0.266 e. The Morgan fingerprint density at radius 2 is 1.81 bits per heavy atom. The number of sulfone groups is 1. The van der Waals surface area contributed by atoms with Crippen molar-refractivity contribution >= 4 is 15.7 Å². The van der Waals surface area contributed by atoms with E-state index in [1.54, 1.807) is 36.4 Å². The first kappa shape index (κ1) is 16.9. The summed E-state index contributed by atoms with van der Waals surface area (Å²) in [4.78, 5) is 6.28. The van der Waals surface area contributed by atoms with E-state index in [2.05, 4.69) is 4.98 Å². The maximum absolute atomic E-state index is 13.2. The summed E-state index contributed by atoms with van der Waals surface area (Å²) in [6.45, 7) is 3.97. The molecule has 2 aromatic heterocycles. The summed E-state index contributed by atoms with van der Waals surface area (Å²) in [7, 11) is -3.83. The molecule has 0 aliphatic carbocycles. The quantitative estimate of drug-likeness (QED) is 0.694. The molecule has 3 heterocycles. The van der Waals surface area contributed by atoms with Crippen LogP contribution >= 0.6 is 0 Å². The Kier molecular flexibility index (Phi) is 4.29. The van der Waals surface area contributed by atoms with Crippen molar-refractivity contribution in [2.45, 2.75) is 16.8 Å². The molecule has 1 aliphatic heterocycles. The maximum atomic E-state index is 13.2. The number of hydrogen-bond donors (Lipinski definition) is 0. The van der Waals surface area contributed by atoms with E-state index in [1.807, 2.05) is 11.8 Å². The highest BCUT2D eigenvalue weighted by molar-refractivity contribution is 7.91. The van der Waals surface area contributed by atoms with Crippen LogP contribution in [0.2, 0.25) is 0 Å². The normalized spacial score (nSPS) is 15.3. The molecule has 0 bridgehead atoms. The average Bonchev–Trinajstić information content (AvgIpc) is 3.33. The van der Waals surface area contributed by atoms with Crippen LogP contribution in [0.5, 0.6) is 0 Å². The highest BCUT2D eigenvalue weighted by Gasteiger charge is 2.32.